The molecule has 0 spiro atoms. The van der Waals surface area contributed by atoms with Crippen LogP contribution in [0.15, 0.2) is 36.7 Å². The van der Waals surface area contributed by atoms with E-state index >= 15 is 0 Å². The summed E-state index contributed by atoms with van der Waals surface area (Å²) in [6, 6.07) is 6.02. The molecule has 0 radical (unpaired) electrons. The summed E-state index contributed by atoms with van der Waals surface area (Å²) in [6.45, 7) is 4.20. The molecule has 0 saturated carbocycles. The number of fused-ring (bicyclic) bond motifs is 2. The summed E-state index contributed by atoms with van der Waals surface area (Å²) in [5.74, 6) is 0.868. The second-order valence-electron chi connectivity index (χ2n) is 6.47. The Labute approximate surface area is 149 Å². The molecule has 1 aliphatic rings. The van der Waals surface area contributed by atoms with Gasteiger partial charge in [-0.1, -0.05) is 0 Å². The first-order valence-corrected chi connectivity index (χ1v) is 8.49. The van der Waals surface area contributed by atoms with Crippen LogP contribution in [0.2, 0.25) is 0 Å². The number of nitrogens with zero attached hydrogens (tertiary/aromatic N) is 3. The van der Waals surface area contributed by atoms with Gasteiger partial charge in [0.1, 0.15) is 29.7 Å². The zero-order chi connectivity index (χ0) is 18.3. The summed E-state index contributed by atoms with van der Waals surface area (Å²) in [6.07, 6.45) is 2.19. The molecule has 3 N–H and O–H groups in total. The number of hydrogen-bond acceptors (Lipinski definition) is 6. The molecule has 0 fully saturated rings. The number of anilines is 1. The predicted octanol–water partition coefficient (Wildman–Crippen LogP) is 2.40. The van der Waals surface area contributed by atoms with Gasteiger partial charge in [0.25, 0.3) is 0 Å². The average molecular weight is 357 g/mol. The molecule has 3 heterocycles. The molecule has 0 saturated heterocycles. The maximum atomic E-state index is 13.8. The molecule has 26 heavy (non-hydrogen) atoms. The minimum atomic E-state index is -0.924. The number of aliphatic hydroxyl groups excluding tert-OH is 1. The van der Waals surface area contributed by atoms with Crippen molar-refractivity contribution in [1.29, 1.82) is 0 Å². The van der Waals surface area contributed by atoms with Gasteiger partial charge < -0.3 is 15.2 Å². The number of ether oxygens (including phenoxy) is 1. The summed E-state index contributed by atoms with van der Waals surface area (Å²) >= 11 is 0. The SMILES string of the molecule is C[C@H]1CNC(O)c2cnn3ccc(nc23)N[C@H](C)c2cc(F)ccc2O1. The van der Waals surface area contributed by atoms with E-state index in [9.17, 15) is 9.50 Å². The summed E-state index contributed by atoms with van der Waals surface area (Å²) in [7, 11) is 0. The van der Waals surface area contributed by atoms with Crippen molar-refractivity contribution in [2.24, 2.45) is 0 Å². The minimum Gasteiger partial charge on any atom is -0.489 e. The van der Waals surface area contributed by atoms with Gasteiger partial charge in [-0.15, -0.1) is 0 Å². The number of benzene rings is 1. The van der Waals surface area contributed by atoms with Gasteiger partial charge >= 0.3 is 0 Å². The third kappa shape index (κ3) is 3.09. The van der Waals surface area contributed by atoms with E-state index in [-0.39, 0.29) is 18.0 Å². The van der Waals surface area contributed by atoms with Crippen LogP contribution in [0.1, 0.15) is 37.2 Å². The van der Waals surface area contributed by atoms with E-state index in [1.807, 2.05) is 13.8 Å². The fourth-order valence-electron chi connectivity index (χ4n) is 3.07. The third-order valence-electron chi connectivity index (χ3n) is 4.42. The fraction of sp³-hybridized carbons (Fsp3) is 0.333. The lowest BCUT2D eigenvalue weighted by Gasteiger charge is -2.22. The number of rotatable bonds is 0. The van der Waals surface area contributed by atoms with Crippen LogP contribution in [0, 0.1) is 5.82 Å². The van der Waals surface area contributed by atoms with E-state index in [1.54, 1.807) is 29.0 Å². The number of aromatic nitrogens is 3. The Balaban J connectivity index is 1.80. The zero-order valence-corrected chi connectivity index (χ0v) is 14.5. The van der Waals surface area contributed by atoms with Crippen molar-refractivity contribution in [3.63, 3.8) is 0 Å². The molecule has 1 aliphatic heterocycles. The topological polar surface area (TPSA) is 83.7 Å². The highest BCUT2D eigenvalue weighted by atomic mass is 19.1. The summed E-state index contributed by atoms with van der Waals surface area (Å²) in [5, 5.41) is 21.0. The fourth-order valence-corrected chi connectivity index (χ4v) is 3.07. The van der Waals surface area contributed by atoms with Crippen LogP contribution in [-0.4, -0.2) is 32.4 Å². The molecule has 3 atom stereocenters. The van der Waals surface area contributed by atoms with Gasteiger partial charge in [-0.25, -0.2) is 13.9 Å². The van der Waals surface area contributed by atoms with Crippen molar-refractivity contribution >= 4 is 11.5 Å². The van der Waals surface area contributed by atoms with Crippen molar-refractivity contribution in [2.75, 3.05) is 11.9 Å². The standard InChI is InChI=1S/C18H20FN5O2/c1-10-8-20-18(25)14-9-21-24-6-5-16(23-17(14)24)22-11(2)13-7-12(19)3-4-15(13)26-10/h3-7,9-11,18,20,25H,8H2,1-2H3,(H,22,23)/t10-,11+,18?/m0/s1. The monoisotopic (exact) mass is 357 g/mol. The number of nitrogens with one attached hydrogen (secondary N) is 2. The molecule has 0 aliphatic carbocycles. The highest BCUT2D eigenvalue weighted by Crippen LogP contribution is 2.30. The third-order valence-corrected chi connectivity index (χ3v) is 4.42. The maximum Gasteiger partial charge on any atom is 0.164 e. The van der Waals surface area contributed by atoms with Crippen molar-refractivity contribution in [3.05, 3.63) is 53.6 Å². The van der Waals surface area contributed by atoms with Crippen molar-refractivity contribution < 1.29 is 14.2 Å². The summed E-state index contributed by atoms with van der Waals surface area (Å²) < 4.78 is 21.4. The lowest BCUT2D eigenvalue weighted by atomic mass is 10.1. The van der Waals surface area contributed by atoms with Crippen LogP contribution in [0.5, 0.6) is 5.75 Å². The Bertz CT molecular complexity index is 944. The number of hydrogen-bond donors (Lipinski definition) is 3. The Morgan fingerprint density at radius 2 is 2.12 bits per heavy atom. The molecule has 1 aromatic carbocycles. The maximum absolute atomic E-state index is 13.8. The van der Waals surface area contributed by atoms with Gasteiger partial charge in [0.2, 0.25) is 0 Å². The van der Waals surface area contributed by atoms with Crippen molar-refractivity contribution in [1.82, 2.24) is 19.9 Å². The van der Waals surface area contributed by atoms with Crippen molar-refractivity contribution in [2.45, 2.75) is 32.2 Å². The van der Waals surface area contributed by atoms with Crippen LogP contribution in [0.4, 0.5) is 10.2 Å². The molecule has 0 amide bonds. The molecule has 8 heteroatoms. The van der Waals surface area contributed by atoms with Crippen LogP contribution < -0.4 is 15.4 Å². The Hall–Kier alpha value is -2.71. The first-order chi connectivity index (χ1) is 12.5. The van der Waals surface area contributed by atoms with E-state index in [2.05, 4.69) is 20.7 Å². The highest BCUT2D eigenvalue weighted by molar-refractivity contribution is 5.53. The molecule has 4 rings (SSSR count). The van der Waals surface area contributed by atoms with E-state index in [0.717, 1.165) is 0 Å². The molecular weight excluding hydrogens is 337 g/mol. The number of halogens is 1. The molecule has 7 nitrogen and oxygen atoms in total. The highest BCUT2D eigenvalue weighted by Gasteiger charge is 2.20. The molecular formula is C18H20FN5O2. The van der Waals surface area contributed by atoms with Crippen LogP contribution in [0.25, 0.3) is 5.65 Å². The van der Waals surface area contributed by atoms with Gasteiger partial charge in [-0.3, -0.25) is 5.32 Å². The average Bonchev–Trinajstić information content (AvgIpc) is 3.03. The molecule has 2 bridgehead atoms. The predicted molar refractivity (Wildman–Crippen MR) is 94.5 cm³/mol. The Morgan fingerprint density at radius 3 is 2.96 bits per heavy atom. The zero-order valence-electron chi connectivity index (χ0n) is 14.5. The van der Waals surface area contributed by atoms with E-state index < -0.39 is 6.23 Å². The first-order valence-electron chi connectivity index (χ1n) is 8.49. The van der Waals surface area contributed by atoms with Gasteiger partial charge in [0.05, 0.1) is 17.8 Å². The van der Waals surface area contributed by atoms with Gasteiger partial charge in [-0.2, -0.15) is 5.10 Å². The minimum absolute atomic E-state index is 0.229. The lowest BCUT2D eigenvalue weighted by Crippen LogP contribution is -2.32. The molecule has 2 aromatic heterocycles. The quantitative estimate of drug-likeness (QED) is 0.573. The molecule has 3 aromatic rings. The smallest absolute Gasteiger partial charge is 0.164 e. The van der Waals surface area contributed by atoms with E-state index in [0.29, 0.717) is 34.9 Å². The first kappa shape index (κ1) is 16.7. The molecule has 136 valence electrons. The lowest BCUT2D eigenvalue weighted by molar-refractivity contribution is 0.116. The molecule has 1 unspecified atom stereocenters. The summed E-state index contributed by atoms with van der Waals surface area (Å²) in [4.78, 5) is 4.55. The van der Waals surface area contributed by atoms with Gasteiger partial charge in [0, 0.05) is 18.3 Å². The Morgan fingerprint density at radius 1 is 1.27 bits per heavy atom. The largest absolute Gasteiger partial charge is 0.489 e. The summed E-state index contributed by atoms with van der Waals surface area (Å²) in [5.41, 5.74) is 1.83. The van der Waals surface area contributed by atoms with Gasteiger partial charge in [-0.05, 0) is 38.1 Å². The van der Waals surface area contributed by atoms with E-state index in [1.165, 1.54) is 12.1 Å². The normalized spacial score (nSPS) is 23.3. The van der Waals surface area contributed by atoms with Crippen LogP contribution in [-0.2, 0) is 0 Å². The van der Waals surface area contributed by atoms with Crippen LogP contribution >= 0.6 is 0 Å². The van der Waals surface area contributed by atoms with Gasteiger partial charge in [0.15, 0.2) is 5.65 Å². The number of aliphatic hydroxyl groups is 1. The second-order valence-corrected chi connectivity index (χ2v) is 6.47. The van der Waals surface area contributed by atoms with Crippen molar-refractivity contribution in [3.8, 4) is 5.75 Å². The Kier molecular flexibility index (Phi) is 4.21. The van der Waals surface area contributed by atoms with E-state index in [4.69, 9.17) is 4.74 Å². The second kappa shape index (κ2) is 6.54. The van der Waals surface area contributed by atoms with Crippen LogP contribution in [0.3, 0.4) is 0 Å².